The van der Waals surface area contributed by atoms with Crippen molar-refractivity contribution < 1.29 is 4.79 Å². The van der Waals surface area contributed by atoms with Gasteiger partial charge in [-0.15, -0.1) is 0 Å². The van der Waals surface area contributed by atoms with E-state index in [2.05, 4.69) is 32.9 Å². The van der Waals surface area contributed by atoms with Crippen molar-refractivity contribution in [1.82, 2.24) is 4.98 Å². The first-order valence-electron chi connectivity index (χ1n) is 4.94. The van der Waals surface area contributed by atoms with Gasteiger partial charge in [-0.1, -0.05) is 0 Å². The molecular weight excluding hydrogens is 329 g/mol. The molecule has 0 atom stereocenters. The van der Waals surface area contributed by atoms with Crippen molar-refractivity contribution in [2.75, 3.05) is 11.1 Å². The van der Waals surface area contributed by atoms with Crippen molar-refractivity contribution in [2.45, 2.75) is 0 Å². The number of amides is 1. The third-order valence-electron chi connectivity index (χ3n) is 2.16. The molecule has 1 heterocycles. The maximum absolute atomic E-state index is 11.9. The summed E-state index contributed by atoms with van der Waals surface area (Å²) < 4.78 is 1.11. The summed E-state index contributed by atoms with van der Waals surface area (Å²) in [6.45, 7) is 0. The van der Waals surface area contributed by atoms with Crippen LogP contribution in [0.25, 0.3) is 0 Å². The molecule has 0 aliphatic rings. The third kappa shape index (κ3) is 2.94. The molecule has 0 radical (unpaired) electrons. The minimum atomic E-state index is -0.302. The lowest BCUT2D eigenvalue weighted by Crippen LogP contribution is -2.15. The number of hydrogen-bond donors (Lipinski definition) is 2. The maximum Gasteiger partial charge on any atom is 0.276 e. The van der Waals surface area contributed by atoms with Crippen LogP contribution in [0.15, 0.2) is 42.6 Å². The fourth-order valence-corrected chi connectivity index (χ4v) is 1.69. The summed E-state index contributed by atoms with van der Waals surface area (Å²) in [7, 11) is 0. The second kappa shape index (κ2) is 5.13. The zero-order valence-electron chi connectivity index (χ0n) is 8.85. The van der Waals surface area contributed by atoms with Crippen LogP contribution >= 0.6 is 22.6 Å². The number of carbonyl (C=O) groups excluding carboxylic acids is 1. The van der Waals surface area contributed by atoms with Crippen molar-refractivity contribution in [3.8, 4) is 0 Å². The maximum atomic E-state index is 11.9. The zero-order chi connectivity index (χ0) is 12.3. The molecule has 1 aromatic carbocycles. The van der Waals surface area contributed by atoms with E-state index in [4.69, 9.17) is 5.73 Å². The number of hydrogen-bond acceptors (Lipinski definition) is 3. The van der Waals surface area contributed by atoms with Gasteiger partial charge in [0, 0.05) is 15.5 Å². The molecule has 4 nitrogen and oxygen atoms in total. The number of pyridine rings is 1. The average Bonchev–Trinajstić information content (AvgIpc) is 2.32. The van der Waals surface area contributed by atoms with Gasteiger partial charge < -0.3 is 11.1 Å². The molecular formula is C12H10IN3O. The summed E-state index contributed by atoms with van der Waals surface area (Å²) in [5.74, 6) is -0.302. The number of nitrogens with zero attached hydrogens (tertiary/aromatic N) is 1. The number of anilines is 2. The third-order valence-corrected chi connectivity index (χ3v) is 2.88. The van der Waals surface area contributed by atoms with Crippen LogP contribution in [0, 0.1) is 3.57 Å². The Balaban J connectivity index is 2.17. The fraction of sp³-hybridized carbons (Fsp3) is 0. The number of nitrogens with two attached hydrogens (primary N) is 1. The van der Waals surface area contributed by atoms with Crippen molar-refractivity contribution in [3.05, 3.63) is 51.9 Å². The van der Waals surface area contributed by atoms with Gasteiger partial charge >= 0.3 is 0 Å². The molecule has 0 aliphatic carbocycles. The lowest BCUT2D eigenvalue weighted by Gasteiger charge is -2.06. The van der Waals surface area contributed by atoms with Crippen molar-refractivity contribution in [3.63, 3.8) is 0 Å². The number of nitrogens with one attached hydrogen (secondary N) is 1. The van der Waals surface area contributed by atoms with Gasteiger partial charge in [-0.3, -0.25) is 4.79 Å². The van der Waals surface area contributed by atoms with E-state index in [0.29, 0.717) is 5.69 Å². The van der Waals surface area contributed by atoms with Gasteiger partial charge in [-0.25, -0.2) is 4.98 Å². The van der Waals surface area contributed by atoms with Crippen LogP contribution in [-0.4, -0.2) is 10.9 Å². The Hall–Kier alpha value is -1.63. The fourth-order valence-electron chi connectivity index (χ4n) is 1.33. The first-order chi connectivity index (χ1) is 8.16. The second-order valence-electron chi connectivity index (χ2n) is 3.40. The summed E-state index contributed by atoms with van der Waals surface area (Å²) in [6, 6.07) is 10.8. The molecule has 5 heteroatoms. The Bertz CT molecular complexity index is 540. The van der Waals surface area contributed by atoms with Crippen molar-refractivity contribution >= 4 is 39.9 Å². The number of carbonyl (C=O) groups is 1. The van der Waals surface area contributed by atoms with Gasteiger partial charge in [0.15, 0.2) is 5.69 Å². The summed E-state index contributed by atoms with van der Waals surface area (Å²) in [5.41, 5.74) is 7.01. The molecule has 86 valence electrons. The quantitative estimate of drug-likeness (QED) is 0.827. The SMILES string of the molecule is Nc1cccnc1C(=O)Nc1ccc(I)cc1. The first kappa shape index (κ1) is 11.8. The van der Waals surface area contributed by atoms with E-state index in [9.17, 15) is 4.79 Å². The van der Waals surface area contributed by atoms with E-state index in [0.717, 1.165) is 9.26 Å². The van der Waals surface area contributed by atoms with Gasteiger partial charge in [0.05, 0.1) is 5.69 Å². The summed E-state index contributed by atoms with van der Waals surface area (Å²) >= 11 is 2.20. The minimum Gasteiger partial charge on any atom is -0.397 e. The molecule has 2 rings (SSSR count). The monoisotopic (exact) mass is 339 g/mol. The zero-order valence-corrected chi connectivity index (χ0v) is 11.0. The molecule has 0 fully saturated rings. The number of halogens is 1. The van der Waals surface area contributed by atoms with Crippen LogP contribution in [-0.2, 0) is 0 Å². The van der Waals surface area contributed by atoms with Crippen molar-refractivity contribution in [2.24, 2.45) is 0 Å². The Labute approximate surface area is 112 Å². The van der Waals surface area contributed by atoms with Gasteiger partial charge in [-0.05, 0) is 59.0 Å². The van der Waals surface area contributed by atoms with Crippen LogP contribution in [0.2, 0.25) is 0 Å². The average molecular weight is 339 g/mol. The summed E-state index contributed by atoms with van der Waals surface area (Å²) in [4.78, 5) is 15.8. The van der Waals surface area contributed by atoms with Gasteiger partial charge in [0.25, 0.3) is 5.91 Å². The largest absolute Gasteiger partial charge is 0.397 e. The number of benzene rings is 1. The standard InChI is InChI=1S/C12H10IN3O/c13-8-3-5-9(6-4-8)16-12(17)11-10(14)2-1-7-15-11/h1-7H,14H2,(H,16,17). The van der Waals surface area contributed by atoms with Crippen LogP contribution in [0.3, 0.4) is 0 Å². The summed E-state index contributed by atoms with van der Waals surface area (Å²) in [6.07, 6.45) is 1.54. The van der Waals surface area contributed by atoms with E-state index in [-0.39, 0.29) is 11.6 Å². The Morgan fingerprint density at radius 3 is 2.59 bits per heavy atom. The lowest BCUT2D eigenvalue weighted by molar-refractivity contribution is 0.102. The van der Waals surface area contributed by atoms with E-state index in [1.54, 1.807) is 18.3 Å². The van der Waals surface area contributed by atoms with Crippen LogP contribution in [0.1, 0.15) is 10.5 Å². The Morgan fingerprint density at radius 1 is 1.24 bits per heavy atom. The molecule has 2 aromatic rings. The molecule has 3 N–H and O–H groups in total. The highest BCUT2D eigenvalue weighted by atomic mass is 127. The van der Waals surface area contributed by atoms with E-state index >= 15 is 0 Å². The first-order valence-corrected chi connectivity index (χ1v) is 6.02. The highest BCUT2D eigenvalue weighted by Gasteiger charge is 2.10. The topological polar surface area (TPSA) is 68.0 Å². The molecule has 1 amide bonds. The van der Waals surface area contributed by atoms with Crippen LogP contribution < -0.4 is 11.1 Å². The number of nitrogen functional groups attached to an aromatic ring is 1. The van der Waals surface area contributed by atoms with E-state index < -0.39 is 0 Å². The molecule has 0 bridgehead atoms. The molecule has 0 spiro atoms. The van der Waals surface area contributed by atoms with Gasteiger partial charge in [0.2, 0.25) is 0 Å². The van der Waals surface area contributed by atoms with Gasteiger partial charge in [-0.2, -0.15) is 0 Å². The second-order valence-corrected chi connectivity index (χ2v) is 4.65. The number of aromatic nitrogens is 1. The van der Waals surface area contributed by atoms with Gasteiger partial charge in [0.1, 0.15) is 0 Å². The smallest absolute Gasteiger partial charge is 0.276 e. The van der Waals surface area contributed by atoms with Crippen LogP contribution in [0.5, 0.6) is 0 Å². The Kier molecular flexibility index (Phi) is 3.58. The number of rotatable bonds is 2. The molecule has 0 aliphatic heterocycles. The molecule has 17 heavy (non-hydrogen) atoms. The van der Waals surface area contributed by atoms with E-state index in [1.165, 1.54) is 0 Å². The van der Waals surface area contributed by atoms with Crippen LogP contribution in [0.4, 0.5) is 11.4 Å². The molecule has 0 unspecified atom stereocenters. The summed E-state index contributed by atoms with van der Waals surface area (Å²) in [5, 5.41) is 2.74. The molecule has 0 saturated carbocycles. The predicted octanol–water partition coefficient (Wildman–Crippen LogP) is 2.52. The predicted molar refractivity (Wildman–Crippen MR) is 75.8 cm³/mol. The minimum absolute atomic E-state index is 0.242. The highest BCUT2D eigenvalue weighted by Crippen LogP contribution is 2.14. The lowest BCUT2D eigenvalue weighted by atomic mass is 10.2. The molecule has 1 aromatic heterocycles. The van der Waals surface area contributed by atoms with E-state index in [1.807, 2.05) is 24.3 Å². The Morgan fingerprint density at radius 2 is 1.94 bits per heavy atom. The van der Waals surface area contributed by atoms with Crippen molar-refractivity contribution in [1.29, 1.82) is 0 Å². The molecule has 0 saturated heterocycles. The normalized spacial score (nSPS) is 9.94. The highest BCUT2D eigenvalue weighted by molar-refractivity contribution is 14.1.